The number of methoxy groups -OCH3 is 1. The molecule has 1 saturated heterocycles. The van der Waals surface area contributed by atoms with E-state index in [0.717, 1.165) is 43.5 Å². The summed E-state index contributed by atoms with van der Waals surface area (Å²) in [4.78, 5) is 14.5. The number of benzene rings is 1. The Balaban J connectivity index is 1.91. The second kappa shape index (κ2) is 8.38. The Morgan fingerprint density at radius 1 is 1.42 bits per heavy atom. The van der Waals surface area contributed by atoms with Gasteiger partial charge < -0.3 is 20.1 Å². The van der Waals surface area contributed by atoms with E-state index in [1.165, 1.54) is 0 Å². The number of nitrogens with one attached hydrogen (secondary N) is 1. The Labute approximate surface area is 145 Å². The molecule has 1 aromatic carbocycles. The third kappa shape index (κ3) is 4.63. The van der Waals surface area contributed by atoms with E-state index < -0.39 is 0 Å². The number of aliphatic hydroxyl groups is 1. The lowest BCUT2D eigenvalue weighted by molar-refractivity contribution is 0.147. The summed E-state index contributed by atoms with van der Waals surface area (Å²) in [6, 6.07) is 7.99. The lowest BCUT2D eigenvalue weighted by Crippen LogP contribution is -2.40. The van der Waals surface area contributed by atoms with Crippen molar-refractivity contribution in [1.29, 1.82) is 0 Å². The Morgan fingerprint density at radius 2 is 2.17 bits per heavy atom. The molecule has 1 aliphatic heterocycles. The first-order valence-electron chi connectivity index (χ1n) is 8.77. The Kier molecular flexibility index (Phi) is 6.49. The molecule has 2 rings (SSSR count). The molecule has 0 aromatic heterocycles. The zero-order valence-electron chi connectivity index (χ0n) is 15.0. The zero-order chi connectivity index (χ0) is 17.6. The zero-order valence-corrected chi connectivity index (χ0v) is 15.0. The maximum atomic E-state index is 12.5. The number of carbonyl (C=O) groups is 1. The van der Waals surface area contributed by atoms with Gasteiger partial charge in [-0.05, 0) is 37.2 Å². The average molecular weight is 334 g/mol. The molecule has 5 nitrogen and oxygen atoms in total. The number of urea groups is 1. The van der Waals surface area contributed by atoms with Gasteiger partial charge in [-0.1, -0.05) is 32.0 Å². The van der Waals surface area contributed by atoms with Crippen molar-refractivity contribution < 1.29 is 14.6 Å². The fourth-order valence-corrected chi connectivity index (χ4v) is 3.22. The van der Waals surface area contributed by atoms with Crippen LogP contribution in [0.2, 0.25) is 0 Å². The van der Waals surface area contributed by atoms with Crippen molar-refractivity contribution in [2.75, 3.05) is 26.8 Å². The maximum absolute atomic E-state index is 12.5. The molecule has 0 bridgehead atoms. The molecule has 1 atom stereocenters. The molecule has 24 heavy (non-hydrogen) atoms. The van der Waals surface area contributed by atoms with Crippen LogP contribution in [0.15, 0.2) is 24.3 Å². The van der Waals surface area contributed by atoms with Gasteiger partial charge in [-0.2, -0.15) is 0 Å². The smallest absolute Gasteiger partial charge is 0.317 e. The van der Waals surface area contributed by atoms with Crippen molar-refractivity contribution in [3.05, 3.63) is 29.8 Å². The highest BCUT2D eigenvalue weighted by molar-refractivity contribution is 5.75. The normalized spacial score (nSPS) is 17.8. The van der Waals surface area contributed by atoms with Crippen LogP contribution in [0.1, 0.15) is 51.1 Å². The van der Waals surface area contributed by atoms with E-state index >= 15 is 0 Å². The van der Waals surface area contributed by atoms with Crippen molar-refractivity contribution in [3.63, 3.8) is 0 Å². The van der Waals surface area contributed by atoms with Crippen LogP contribution in [0.3, 0.4) is 0 Å². The quantitative estimate of drug-likeness (QED) is 0.752. The molecule has 2 N–H and O–H groups in total. The molecule has 0 spiro atoms. The molecule has 1 heterocycles. The van der Waals surface area contributed by atoms with Crippen molar-refractivity contribution in [3.8, 4) is 5.75 Å². The molecule has 5 heteroatoms. The van der Waals surface area contributed by atoms with E-state index in [0.29, 0.717) is 6.54 Å². The molecular formula is C19H30N2O3. The average Bonchev–Trinajstić information content (AvgIpc) is 3.08. The summed E-state index contributed by atoms with van der Waals surface area (Å²) in [6.07, 6.45) is 3.73. The predicted molar refractivity (Wildman–Crippen MR) is 95.2 cm³/mol. The van der Waals surface area contributed by atoms with E-state index in [4.69, 9.17) is 4.74 Å². The molecule has 1 unspecified atom stereocenters. The van der Waals surface area contributed by atoms with Gasteiger partial charge in [-0.25, -0.2) is 4.79 Å². The minimum atomic E-state index is -0.0850. The van der Waals surface area contributed by atoms with Crippen LogP contribution in [0.5, 0.6) is 5.75 Å². The highest BCUT2D eigenvalue weighted by atomic mass is 16.5. The molecule has 0 saturated carbocycles. The van der Waals surface area contributed by atoms with Crippen LogP contribution in [0, 0.1) is 5.41 Å². The van der Waals surface area contributed by atoms with Crippen LogP contribution in [-0.2, 0) is 0 Å². The van der Waals surface area contributed by atoms with Crippen LogP contribution in [-0.4, -0.2) is 42.8 Å². The van der Waals surface area contributed by atoms with Gasteiger partial charge in [0.15, 0.2) is 0 Å². The third-order valence-corrected chi connectivity index (χ3v) is 4.75. The van der Waals surface area contributed by atoms with Gasteiger partial charge in [-0.15, -0.1) is 0 Å². The first kappa shape index (κ1) is 18.6. The van der Waals surface area contributed by atoms with E-state index in [9.17, 15) is 9.90 Å². The van der Waals surface area contributed by atoms with Gasteiger partial charge in [0.1, 0.15) is 5.75 Å². The predicted octanol–water partition coefficient (Wildman–Crippen LogP) is 3.34. The number of hydrogen-bond acceptors (Lipinski definition) is 3. The summed E-state index contributed by atoms with van der Waals surface area (Å²) >= 11 is 0. The Bertz CT molecular complexity index is 545. The van der Waals surface area contributed by atoms with Gasteiger partial charge >= 0.3 is 6.03 Å². The fourth-order valence-electron chi connectivity index (χ4n) is 3.22. The number of nitrogens with zero attached hydrogens (tertiary/aromatic N) is 1. The third-order valence-electron chi connectivity index (χ3n) is 4.75. The number of rotatable bonds is 7. The van der Waals surface area contributed by atoms with Gasteiger partial charge in [0.2, 0.25) is 0 Å². The lowest BCUT2D eigenvalue weighted by Gasteiger charge is -2.27. The number of ether oxygens (including phenoxy) is 1. The summed E-state index contributed by atoms with van der Waals surface area (Å²) in [5, 5.41) is 12.3. The van der Waals surface area contributed by atoms with Crippen molar-refractivity contribution in [2.45, 2.75) is 45.6 Å². The van der Waals surface area contributed by atoms with Crippen molar-refractivity contribution in [1.82, 2.24) is 10.2 Å². The van der Waals surface area contributed by atoms with Gasteiger partial charge in [0.25, 0.3) is 0 Å². The molecule has 1 aliphatic rings. The minimum absolute atomic E-state index is 0.00906. The molecule has 2 amide bonds. The van der Waals surface area contributed by atoms with Crippen LogP contribution >= 0.6 is 0 Å². The first-order valence-corrected chi connectivity index (χ1v) is 8.77. The number of aliphatic hydroxyl groups excluding tert-OH is 1. The van der Waals surface area contributed by atoms with Crippen LogP contribution in [0.25, 0.3) is 0 Å². The van der Waals surface area contributed by atoms with E-state index in [1.807, 2.05) is 43.0 Å². The number of hydrogen-bond donors (Lipinski definition) is 2. The van der Waals surface area contributed by atoms with Crippen LogP contribution in [0.4, 0.5) is 4.79 Å². The first-order chi connectivity index (χ1) is 11.5. The van der Waals surface area contributed by atoms with Gasteiger partial charge in [0.05, 0.1) is 13.2 Å². The molecule has 1 fully saturated rings. The molecule has 0 radical (unpaired) electrons. The SMILES string of the molecule is COc1ccccc1C1CCCN1C(=O)NCCCC(C)(C)CO. The summed E-state index contributed by atoms with van der Waals surface area (Å²) in [6.45, 7) is 5.65. The molecule has 0 aliphatic carbocycles. The fraction of sp³-hybridized carbons (Fsp3) is 0.632. The van der Waals surface area contributed by atoms with E-state index in [1.54, 1.807) is 7.11 Å². The molecular weight excluding hydrogens is 304 g/mol. The highest BCUT2D eigenvalue weighted by Crippen LogP contribution is 2.36. The second-order valence-corrected chi connectivity index (χ2v) is 7.25. The Morgan fingerprint density at radius 3 is 2.88 bits per heavy atom. The largest absolute Gasteiger partial charge is 0.496 e. The highest BCUT2D eigenvalue weighted by Gasteiger charge is 2.31. The van der Waals surface area contributed by atoms with E-state index in [2.05, 4.69) is 5.32 Å². The summed E-state index contributed by atoms with van der Waals surface area (Å²) in [5.41, 5.74) is 0.993. The van der Waals surface area contributed by atoms with Gasteiger partial charge in [-0.3, -0.25) is 0 Å². The number of carbonyl (C=O) groups excluding carboxylic acids is 1. The summed E-state index contributed by atoms with van der Waals surface area (Å²) < 4.78 is 5.45. The maximum Gasteiger partial charge on any atom is 0.317 e. The van der Waals surface area contributed by atoms with E-state index in [-0.39, 0.29) is 24.1 Å². The second-order valence-electron chi connectivity index (χ2n) is 7.25. The molecule has 1 aromatic rings. The van der Waals surface area contributed by atoms with Crippen LogP contribution < -0.4 is 10.1 Å². The number of para-hydroxylation sites is 1. The monoisotopic (exact) mass is 334 g/mol. The van der Waals surface area contributed by atoms with Gasteiger partial charge in [0, 0.05) is 25.3 Å². The molecule has 134 valence electrons. The summed E-state index contributed by atoms with van der Waals surface area (Å²) in [5.74, 6) is 0.840. The number of likely N-dealkylation sites (tertiary alicyclic amines) is 1. The Hall–Kier alpha value is -1.75. The van der Waals surface area contributed by atoms with Crippen molar-refractivity contribution >= 4 is 6.03 Å². The minimum Gasteiger partial charge on any atom is -0.496 e. The van der Waals surface area contributed by atoms with Crippen molar-refractivity contribution in [2.24, 2.45) is 5.41 Å². The standard InChI is InChI=1S/C19H30N2O3/c1-19(2,14-22)11-7-12-20-18(23)21-13-6-9-16(21)15-8-4-5-10-17(15)24-3/h4-5,8,10,16,22H,6-7,9,11-14H2,1-3H3,(H,20,23). The number of amides is 2. The lowest BCUT2D eigenvalue weighted by atomic mass is 9.89. The topological polar surface area (TPSA) is 61.8 Å². The summed E-state index contributed by atoms with van der Waals surface area (Å²) in [7, 11) is 1.67.